The molecule has 0 radical (unpaired) electrons. The van der Waals surface area contributed by atoms with Gasteiger partial charge >= 0.3 is 0 Å². The first kappa shape index (κ1) is 16.2. The van der Waals surface area contributed by atoms with Crippen LogP contribution in [0.4, 0.5) is 0 Å². The molecule has 2 atom stereocenters. The Balaban J connectivity index is 2.11. The van der Waals surface area contributed by atoms with E-state index in [0.29, 0.717) is 5.75 Å². The molecular formula is C16H21NO2S2. The van der Waals surface area contributed by atoms with Gasteiger partial charge < -0.3 is 10.1 Å². The normalized spacial score (nSPS) is 13.8. The zero-order valence-electron chi connectivity index (χ0n) is 12.4. The van der Waals surface area contributed by atoms with Crippen LogP contribution in [0.2, 0.25) is 0 Å². The van der Waals surface area contributed by atoms with Crippen molar-refractivity contribution in [2.24, 2.45) is 0 Å². The molecule has 0 saturated carbocycles. The molecule has 0 saturated heterocycles. The van der Waals surface area contributed by atoms with E-state index in [4.69, 9.17) is 4.74 Å². The van der Waals surface area contributed by atoms with E-state index in [-0.39, 0.29) is 6.04 Å². The Kier molecular flexibility index (Phi) is 6.42. The summed E-state index contributed by atoms with van der Waals surface area (Å²) in [6.07, 6.45) is 1.05. The summed E-state index contributed by atoms with van der Waals surface area (Å²) in [4.78, 5) is 0. The SMILES string of the molecule is CCCNC(CS(=O)c1cccs1)c1ccc(OC)cc1. The molecule has 0 amide bonds. The van der Waals surface area contributed by atoms with Gasteiger partial charge in [-0.25, -0.2) is 0 Å². The van der Waals surface area contributed by atoms with Crippen molar-refractivity contribution in [2.75, 3.05) is 19.4 Å². The van der Waals surface area contributed by atoms with Gasteiger partial charge in [0, 0.05) is 11.8 Å². The number of thiophene rings is 1. The summed E-state index contributed by atoms with van der Waals surface area (Å²) in [7, 11) is 0.692. The van der Waals surface area contributed by atoms with Crippen molar-refractivity contribution in [2.45, 2.75) is 23.6 Å². The molecule has 5 heteroatoms. The summed E-state index contributed by atoms with van der Waals surface area (Å²) in [6, 6.07) is 12.0. The summed E-state index contributed by atoms with van der Waals surface area (Å²) in [5.74, 6) is 1.43. The molecule has 1 aromatic carbocycles. The predicted octanol–water partition coefficient (Wildman–Crippen LogP) is 3.61. The molecule has 1 N–H and O–H groups in total. The predicted molar refractivity (Wildman–Crippen MR) is 89.6 cm³/mol. The second-order valence-corrected chi connectivity index (χ2v) is 7.39. The van der Waals surface area contributed by atoms with Crippen molar-refractivity contribution in [1.29, 1.82) is 0 Å². The van der Waals surface area contributed by atoms with Gasteiger partial charge in [0.15, 0.2) is 0 Å². The number of nitrogens with one attached hydrogen (secondary N) is 1. The van der Waals surface area contributed by atoms with E-state index in [0.717, 1.165) is 28.5 Å². The van der Waals surface area contributed by atoms with E-state index in [1.165, 1.54) is 0 Å². The molecule has 0 bridgehead atoms. The van der Waals surface area contributed by atoms with Gasteiger partial charge in [0.2, 0.25) is 0 Å². The first-order chi connectivity index (χ1) is 10.2. The molecule has 0 aliphatic carbocycles. The van der Waals surface area contributed by atoms with E-state index >= 15 is 0 Å². The molecule has 1 aromatic heterocycles. The average Bonchev–Trinajstić information content (AvgIpc) is 3.06. The van der Waals surface area contributed by atoms with Crippen LogP contribution in [-0.4, -0.2) is 23.6 Å². The van der Waals surface area contributed by atoms with Crippen LogP contribution in [0.25, 0.3) is 0 Å². The minimum atomic E-state index is -0.969. The van der Waals surface area contributed by atoms with Crippen molar-refractivity contribution >= 4 is 22.1 Å². The molecule has 1 heterocycles. The minimum Gasteiger partial charge on any atom is -0.497 e. The number of hydrogen-bond donors (Lipinski definition) is 1. The van der Waals surface area contributed by atoms with Crippen molar-refractivity contribution in [1.82, 2.24) is 5.32 Å². The van der Waals surface area contributed by atoms with Gasteiger partial charge in [-0.05, 0) is 42.1 Å². The molecule has 0 fully saturated rings. The van der Waals surface area contributed by atoms with Gasteiger partial charge in [-0.1, -0.05) is 25.1 Å². The first-order valence-corrected chi connectivity index (χ1v) is 9.23. The maximum Gasteiger partial charge on any atom is 0.118 e. The van der Waals surface area contributed by atoms with Gasteiger partial charge in [0.05, 0.1) is 22.1 Å². The van der Waals surface area contributed by atoms with Crippen molar-refractivity contribution in [3.05, 3.63) is 47.3 Å². The molecule has 2 rings (SSSR count). The first-order valence-electron chi connectivity index (χ1n) is 7.03. The van der Waals surface area contributed by atoms with E-state index in [1.54, 1.807) is 18.4 Å². The maximum absolute atomic E-state index is 12.4. The summed E-state index contributed by atoms with van der Waals surface area (Å²) in [5.41, 5.74) is 1.15. The van der Waals surface area contributed by atoms with E-state index in [9.17, 15) is 4.21 Å². The minimum absolute atomic E-state index is 0.0961. The summed E-state index contributed by atoms with van der Waals surface area (Å²) in [6.45, 7) is 3.05. The summed E-state index contributed by atoms with van der Waals surface area (Å²) < 4.78 is 18.6. The molecule has 114 valence electrons. The second kappa shape index (κ2) is 8.32. The third-order valence-corrected chi connectivity index (χ3v) is 5.93. The molecule has 2 aromatic rings. The van der Waals surface area contributed by atoms with Gasteiger partial charge in [-0.15, -0.1) is 11.3 Å². The van der Waals surface area contributed by atoms with E-state index in [2.05, 4.69) is 12.2 Å². The topological polar surface area (TPSA) is 38.3 Å². The van der Waals surface area contributed by atoms with Crippen LogP contribution in [-0.2, 0) is 10.8 Å². The quantitative estimate of drug-likeness (QED) is 0.806. The van der Waals surface area contributed by atoms with Crippen molar-refractivity contribution < 1.29 is 8.95 Å². The Hall–Kier alpha value is -1.17. The molecule has 0 aliphatic rings. The van der Waals surface area contributed by atoms with Crippen LogP contribution < -0.4 is 10.1 Å². The van der Waals surface area contributed by atoms with Crippen LogP contribution in [0.5, 0.6) is 5.75 Å². The number of hydrogen-bond acceptors (Lipinski definition) is 4. The molecule has 0 spiro atoms. The molecule has 21 heavy (non-hydrogen) atoms. The third kappa shape index (κ3) is 4.66. The van der Waals surface area contributed by atoms with Crippen LogP contribution in [0.15, 0.2) is 46.0 Å². The van der Waals surface area contributed by atoms with Crippen LogP contribution in [0, 0.1) is 0 Å². The highest BCUT2D eigenvalue weighted by Crippen LogP contribution is 2.22. The number of ether oxygens (including phenoxy) is 1. The summed E-state index contributed by atoms with van der Waals surface area (Å²) in [5, 5.41) is 5.45. The maximum atomic E-state index is 12.4. The zero-order valence-corrected chi connectivity index (χ0v) is 14.0. The second-order valence-electron chi connectivity index (χ2n) is 4.72. The monoisotopic (exact) mass is 323 g/mol. The smallest absolute Gasteiger partial charge is 0.118 e. The largest absolute Gasteiger partial charge is 0.497 e. The fourth-order valence-electron chi connectivity index (χ4n) is 2.05. The fraction of sp³-hybridized carbons (Fsp3) is 0.375. The Labute approximate surface area is 132 Å². The number of benzene rings is 1. The highest BCUT2D eigenvalue weighted by molar-refractivity contribution is 7.87. The van der Waals surface area contributed by atoms with Crippen molar-refractivity contribution in [3.63, 3.8) is 0 Å². The molecule has 2 unspecified atom stereocenters. The Morgan fingerprint density at radius 1 is 1.29 bits per heavy atom. The Morgan fingerprint density at radius 2 is 2.05 bits per heavy atom. The van der Waals surface area contributed by atoms with E-state index in [1.807, 2.05) is 41.8 Å². The Bertz CT molecular complexity index is 552. The third-order valence-electron chi connectivity index (χ3n) is 3.20. The lowest BCUT2D eigenvalue weighted by atomic mass is 10.1. The Morgan fingerprint density at radius 3 is 2.62 bits per heavy atom. The fourth-order valence-corrected chi connectivity index (χ4v) is 4.31. The average molecular weight is 323 g/mol. The van der Waals surface area contributed by atoms with E-state index < -0.39 is 10.8 Å². The molecule has 3 nitrogen and oxygen atoms in total. The lowest BCUT2D eigenvalue weighted by molar-refractivity contribution is 0.414. The van der Waals surface area contributed by atoms with Crippen LogP contribution >= 0.6 is 11.3 Å². The van der Waals surface area contributed by atoms with Crippen molar-refractivity contribution in [3.8, 4) is 5.75 Å². The van der Waals surface area contributed by atoms with Crippen LogP contribution in [0.3, 0.4) is 0 Å². The highest BCUT2D eigenvalue weighted by Gasteiger charge is 2.16. The lowest BCUT2D eigenvalue weighted by Gasteiger charge is -2.18. The molecular weight excluding hydrogens is 302 g/mol. The zero-order chi connectivity index (χ0) is 15.1. The standard InChI is InChI=1S/C16H21NO2S2/c1-3-10-17-15(12-21(18)16-5-4-11-20-16)13-6-8-14(19-2)9-7-13/h4-9,11,15,17H,3,10,12H2,1-2H3. The van der Waals surface area contributed by atoms with Gasteiger partial charge in [-0.2, -0.15) is 0 Å². The highest BCUT2D eigenvalue weighted by atomic mass is 32.2. The number of methoxy groups -OCH3 is 1. The summed E-state index contributed by atoms with van der Waals surface area (Å²) >= 11 is 1.55. The van der Waals surface area contributed by atoms with Gasteiger partial charge in [0.1, 0.15) is 5.75 Å². The molecule has 0 aliphatic heterocycles. The van der Waals surface area contributed by atoms with Gasteiger partial charge in [0.25, 0.3) is 0 Å². The van der Waals surface area contributed by atoms with Crippen LogP contribution in [0.1, 0.15) is 24.9 Å². The van der Waals surface area contributed by atoms with Gasteiger partial charge in [-0.3, -0.25) is 4.21 Å². The lowest BCUT2D eigenvalue weighted by Crippen LogP contribution is -2.26. The number of rotatable bonds is 8.